The summed E-state index contributed by atoms with van der Waals surface area (Å²) in [5.41, 5.74) is 2.30. The zero-order chi connectivity index (χ0) is 17.3. The van der Waals surface area contributed by atoms with Crippen LogP contribution in [0.1, 0.15) is 11.1 Å². The highest BCUT2D eigenvalue weighted by Crippen LogP contribution is 2.25. The molecule has 0 saturated carbocycles. The fourth-order valence-corrected chi connectivity index (χ4v) is 2.88. The third-order valence-corrected chi connectivity index (χ3v) is 4.18. The molecule has 1 fully saturated rings. The van der Waals surface area contributed by atoms with Crippen molar-refractivity contribution in [3.05, 3.63) is 70.3 Å². The first-order valence-corrected chi connectivity index (χ1v) is 7.98. The largest absolute Gasteiger partial charge is 0.298 e. The van der Waals surface area contributed by atoms with E-state index in [9.17, 15) is 9.59 Å². The van der Waals surface area contributed by atoms with Gasteiger partial charge in [0.05, 0.1) is 5.69 Å². The number of carbonyl (C=O) groups excluding carboxylic acids is 2. The Morgan fingerprint density at radius 3 is 2.58 bits per heavy atom. The van der Waals surface area contributed by atoms with Gasteiger partial charge in [0, 0.05) is 5.02 Å². The van der Waals surface area contributed by atoms with Crippen molar-refractivity contribution in [1.82, 2.24) is 5.32 Å². The third-order valence-electron chi connectivity index (χ3n) is 3.66. The normalized spacial score (nSPS) is 16.5. The molecule has 0 radical (unpaired) electrons. The first-order chi connectivity index (χ1) is 11.5. The second-order valence-corrected chi connectivity index (χ2v) is 6.12. The lowest BCUT2D eigenvalue weighted by molar-refractivity contribution is -0.122. The van der Waals surface area contributed by atoms with Crippen LogP contribution in [0.15, 0.2) is 54.1 Å². The molecule has 4 nitrogen and oxygen atoms in total. The van der Waals surface area contributed by atoms with Crippen LogP contribution in [-0.4, -0.2) is 16.9 Å². The van der Waals surface area contributed by atoms with Crippen molar-refractivity contribution in [1.29, 1.82) is 0 Å². The highest BCUT2D eigenvalue weighted by Gasteiger charge is 2.34. The summed E-state index contributed by atoms with van der Waals surface area (Å²) in [6.45, 7) is 1.91. The van der Waals surface area contributed by atoms with Crippen molar-refractivity contribution in [3.63, 3.8) is 0 Å². The number of halogens is 1. The van der Waals surface area contributed by atoms with Gasteiger partial charge in [0.25, 0.3) is 11.8 Å². The summed E-state index contributed by atoms with van der Waals surface area (Å²) >= 11 is 11.1. The van der Waals surface area contributed by atoms with Gasteiger partial charge in [-0.2, -0.15) is 0 Å². The van der Waals surface area contributed by atoms with Crippen LogP contribution < -0.4 is 10.2 Å². The highest BCUT2D eigenvalue weighted by molar-refractivity contribution is 7.80. The molecule has 1 aliphatic heterocycles. The first kappa shape index (κ1) is 16.4. The van der Waals surface area contributed by atoms with Crippen LogP contribution in [0.5, 0.6) is 0 Å². The second-order valence-electron chi connectivity index (χ2n) is 5.29. The molecule has 24 heavy (non-hydrogen) atoms. The molecule has 1 heterocycles. The number of nitrogens with zero attached hydrogens (tertiary/aromatic N) is 1. The molecule has 2 amide bonds. The van der Waals surface area contributed by atoms with Gasteiger partial charge in [-0.1, -0.05) is 41.9 Å². The molecule has 0 atom stereocenters. The van der Waals surface area contributed by atoms with E-state index in [4.69, 9.17) is 23.8 Å². The number of hydrogen-bond donors (Lipinski definition) is 1. The van der Waals surface area contributed by atoms with E-state index in [0.717, 1.165) is 11.1 Å². The van der Waals surface area contributed by atoms with E-state index >= 15 is 0 Å². The molecule has 0 unspecified atom stereocenters. The predicted molar refractivity (Wildman–Crippen MR) is 98.8 cm³/mol. The van der Waals surface area contributed by atoms with Crippen LogP contribution in [-0.2, 0) is 9.59 Å². The molecular formula is C18H13ClN2O2S. The molecule has 1 N–H and O–H groups in total. The van der Waals surface area contributed by atoms with Gasteiger partial charge in [-0.25, -0.2) is 0 Å². The van der Waals surface area contributed by atoms with Crippen LogP contribution in [0.3, 0.4) is 0 Å². The summed E-state index contributed by atoms with van der Waals surface area (Å²) in [7, 11) is 0. The summed E-state index contributed by atoms with van der Waals surface area (Å²) in [6, 6.07) is 14.3. The van der Waals surface area contributed by atoms with Gasteiger partial charge in [0.1, 0.15) is 5.57 Å². The molecule has 2 aromatic rings. The van der Waals surface area contributed by atoms with Crippen LogP contribution in [0.2, 0.25) is 5.02 Å². The molecule has 1 saturated heterocycles. The Bertz CT molecular complexity index is 892. The van der Waals surface area contributed by atoms with Crippen molar-refractivity contribution >= 4 is 52.5 Å². The molecule has 0 bridgehead atoms. The van der Waals surface area contributed by atoms with Gasteiger partial charge in [-0.15, -0.1) is 0 Å². The topological polar surface area (TPSA) is 49.4 Å². The average Bonchev–Trinajstić information content (AvgIpc) is 2.53. The lowest BCUT2D eigenvalue weighted by atomic mass is 10.0. The maximum Gasteiger partial charge on any atom is 0.270 e. The predicted octanol–water partition coefficient (Wildman–Crippen LogP) is 3.48. The fraction of sp³-hybridized carbons (Fsp3) is 0.0556. The summed E-state index contributed by atoms with van der Waals surface area (Å²) in [5, 5.41) is 3.07. The summed E-state index contributed by atoms with van der Waals surface area (Å²) in [6.07, 6.45) is 1.58. The molecule has 120 valence electrons. The van der Waals surface area contributed by atoms with Crippen molar-refractivity contribution in [3.8, 4) is 0 Å². The molecule has 0 aliphatic carbocycles. The lowest BCUT2D eigenvalue weighted by Gasteiger charge is -2.29. The van der Waals surface area contributed by atoms with E-state index in [0.29, 0.717) is 10.7 Å². The van der Waals surface area contributed by atoms with Crippen molar-refractivity contribution in [2.75, 3.05) is 4.90 Å². The summed E-state index contributed by atoms with van der Waals surface area (Å²) in [5.74, 6) is -0.985. The smallest absolute Gasteiger partial charge is 0.270 e. The van der Waals surface area contributed by atoms with Gasteiger partial charge >= 0.3 is 0 Å². The lowest BCUT2D eigenvalue weighted by Crippen LogP contribution is -2.54. The fourth-order valence-electron chi connectivity index (χ4n) is 2.41. The molecule has 0 spiro atoms. The van der Waals surface area contributed by atoms with E-state index in [1.807, 2.05) is 31.2 Å². The molecule has 3 rings (SSSR count). The maximum atomic E-state index is 12.8. The van der Waals surface area contributed by atoms with Crippen molar-refractivity contribution in [2.45, 2.75) is 6.92 Å². The molecule has 2 aromatic carbocycles. The molecule has 0 aromatic heterocycles. The Morgan fingerprint density at radius 1 is 1.12 bits per heavy atom. The average molecular weight is 357 g/mol. The number of hydrogen-bond acceptors (Lipinski definition) is 3. The zero-order valence-electron chi connectivity index (χ0n) is 12.7. The number of amides is 2. The van der Waals surface area contributed by atoms with Gasteiger partial charge in [-0.3, -0.25) is 19.8 Å². The van der Waals surface area contributed by atoms with Crippen LogP contribution in [0.25, 0.3) is 6.08 Å². The third kappa shape index (κ3) is 3.09. The van der Waals surface area contributed by atoms with Crippen LogP contribution in [0, 0.1) is 6.92 Å². The summed E-state index contributed by atoms with van der Waals surface area (Å²) < 4.78 is 0. The maximum absolute atomic E-state index is 12.8. The van der Waals surface area contributed by atoms with Crippen molar-refractivity contribution in [2.24, 2.45) is 0 Å². The Labute approximate surface area is 149 Å². The Morgan fingerprint density at radius 2 is 1.88 bits per heavy atom. The number of carbonyl (C=O) groups is 2. The van der Waals surface area contributed by atoms with E-state index in [2.05, 4.69) is 5.32 Å². The summed E-state index contributed by atoms with van der Waals surface area (Å²) in [4.78, 5) is 26.3. The Balaban J connectivity index is 2.05. The van der Waals surface area contributed by atoms with Crippen LogP contribution in [0.4, 0.5) is 5.69 Å². The van der Waals surface area contributed by atoms with Crippen molar-refractivity contribution < 1.29 is 9.59 Å². The van der Waals surface area contributed by atoms with Gasteiger partial charge in [0.2, 0.25) is 0 Å². The Kier molecular flexibility index (Phi) is 4.46. The molecule has 1 aliphatic rings. The SMILES string of the molecule is Cc1ccccc1/C=C1/C(=O)NC(=S)N(c2cccc(Cl)c2)C1=O. The Hall–Kier alpha value is -2.50. The molecule has 6 heteroatoms. The number of aryl methyl sites for hydroxylation is 1. The van der Waals surface area contributed by atoms with Crippen LogP contribution >= 0.6 is 23.8 Å². The zero-order valence-corrected chi connectivity index (χ0v) is 14.3. The quantitative estimate of drug-likeness (QED) is 0.509. The monoisotopic (exact) mass is 356 g/mol. The van der Waals surface area contributed by atoms with Gasteiger partial charge in [0.15, 0.2) is 5.11 Å². The minimum atomic E-state index is -0.508. The first-order valence-electron chi connectivity index (χ1n) is 7.20. The van der Waals surface area contributed by atoms with Gasteiger partial charge in [-0.05, 0) is 54.5 Å². The standard InChI is InChI=1S/C18H13ClN2O2S/c1-11-5-2-3-6-12(11)9-15-16(22)20-18(24)21(17(15)23)14-8-4-7-13(19)10-14/h2-10H,1H3,(H,20,22,24)/b15-9-. The number of anilines is 1. The van der Waals surface area contributed by atoms with Gasteiger partial charge < -0.3 is 0 Å². The molecular weight excluding hydrogens is 344 g/mol. The second kappa shape index (κ2) is 6.55. The van der Waals surface area contributed by atoms with E-state index in [-0.39, 0.29) is 10.7 Å². The number of thiocarbonyl (C=S) groups is 1. The minimum absolute atomic E-state index is 0.0258. The number of benzene rings is 2. The number of rotatable bonds is 2. The number of nitrogens with one attached hydrogen (secondary N) is 1. The highest BCUT2D eigenvalue weighted by atomic mass is 35.5. The van der Waals surface area contributed by atoms with E-state index in [1.54, 1.807) is 30.3 Å². The van der Waals surface area contributed by atoms with E-state index in [1.165, 1.54) is 4.90 Å². The minimum Gasteiger partial charge on any atom is -0.298 e. The van der Waals surface area contributed by atoms with E-state index < -0.39 is 11.8 Å².